The minimum Gasteiger partial charge on any atom is -0.381 e. The molecule has 21 heavy (non-hydrogen) atoms. The van der Waals surface area contributed by atoms with Crippen molar-refractivity contribution in [3.05, 3.63) is 24.3 Å². The molecule has 1 unspecified atom stereocenters. The quantitative estimate of drug-likeness (QED) is 0.932. The lowest BCUT2D eigenvalue weighted by Gasteiger charge is -2.26. The Labute approximate surface area is 125 Å². The highest BCUT2D eigenvalue weighted by atomic mass is 15.3. The van der Waals surface area contributed by atoms with Gasteiger partial charge in [0.1, 0.15) is 0 Å². The summed E-state index contributed by atoms with van der Waals surface area (Å²) in [4.78, 5) is 14.0. The summed E-state index contributed by atoms with van der Waals surface area (Å²) in [6, 6.07) is 8.48. The van der Waals surface area contributed by atoms with Gasteiger partial charge in [-0.15, -0.1) is 0 Å². The van der Waals surface area contributed by atoms with E-state index in [1.807, 2.05) is 24.3 Å². The average Bonchev–Trinajstić information content (AvgIpc) is 2.97. The summed E-state index contributed by atoms with van der Waals surface area (Å²) in [5, 5.41) is 0. The molecule has 3 rings (SSSR count). The van der Waals surface area contributed by atoms with Crippen LogP contribution in [0, 0.1) is 0 Å². The Balaban J connectivity index is 1.86. The maximum absolute atomic E-state index is 6.12. The van der Waals surface area contributed by atoms with Crippen LogP contribution in [0.25, 0.3) is 11.0 Å². The van der Waals surface area contributed by atoms with Crippen molar-refractivity contribution in [1.82, 2.24) is 14.9 Å². The number of nitrogens with two attached hydrogens (primary N) is 1. The van der Waals surface area contributed by atoms with Gasteiger partial charge in [-0.1, -0.05) is 26.0 Å². The number of nitrogens with zero attached hydrogens (tertiary/aromatic N) is 4. The predicted octanol–water partition coefficient (Wildman–Crippen LogP) is 2.13. The van der Waals surface area contributed by atoms with Gasteiger partial charge < -0.3 is 10.6 Å². The molecular formula is C16H23N5. The van der Waals surface area contributed by atoms with Gasteiger partial charge in [-0.25, -0.2) is 9.97 Å². The molecule has 2 aromatic rings. The van der Waals surface area contributed by atoms with Gasteiger partial charge in [0.2, 0.25) is 0 Å². The lowest BCUT2D eigenvalue weighted by Crippen LogP contribution is -2.37. The van der Waals surface area contributed by atoms with E-state index in [-0.39, 0.29) is 0 Å². The van der Waals surface area contributed by atoms with Crippen molar-refractivity contribution in [3.8, 4) is 0 Å². The van der Waals surface area contributed by atoms with E-state index >= 15 is 0 Å². The summed E-state index contributed by atoms with van der Waals surface area (Å²) in [7, 11) is 0. The van der Waals surface area contributed by atoms with Gasteiger partial charge in [-0.05, 0) is 31.6 Å². The first-order valence-corrected chi connectivity index (χ1v) is 7.74. The molecule has 1 aromatic heterocycles. The second kappa shape index (κ2) is 5.85. The predicted molar refractivity (Wildman–Crippen MR) is 87.5 cm³/mol. The Hall–Kier alpha value is -1.88. The number of likely N-dealkylation sites (N-methyl/N-ethyl adjacent to an activating group) is 1. The second-order valence-corrected chi connectivity index (χ2v) is 5.53. The lowest BCUT2D eigenvalue weighted by molar-refractivity contribution is 0.232. The first-order valence-electron chi connectivity index (χ1n) is 7.74. The molecule has 2 N–H and O–H groups in total. The van der Waals surface area contributed by atoms with Crippen LogP contribution in [-0.4, -0.2) is 47.1 Å². The molecule has 0 aliphatic carbocycles. The number of para-hydroxylation sites is 2. The summed E-state index contributed by atoms with van der Waals surface area (Å²) in [6.45, 7) is 8.60. The first kappa shape index (κ1) is 14.1. The van der Waals surface area contributed by atoms with Crippen LogP contribution < -0.4 is 10.6 Å². The highest BCUT2D eigenvalue weighted by Crippen LogP contribution is 2.27. The number of hydrogen-bond acceptors (Lipinski definition) is 5. The minimum atomic E-state index is 0.536. The molecule has 5 nitrogen and oxygen atoms in total. The fourth-order valence-corrected chi connectivity index (χ4v) is 3.21. The first-order chi connectivity index (χ1) is 10.2. The number of aromatic nitrogens is 2. The maximum atomic E-state index is 6.12. The Morgan fingerprint density at radius 1 is 1.19 bits per heavy atom. The number of fused-ring (bicyclic) bond motifs is 1. The van der Waals surface area contributed by atoms with Gasteiger partial charge in [0.05, 0.1) is 11.0 Å². The average molecular weight is 285 g/mol. The van der Waals surface area contributed by atoms with E-state index in [9.17, 15) is 0 Å². The molecule has 0 saturated carbocycles. The molecule has 1 atom stereocenters. The number of hydrogen-bond donors (Lipinski definition) is 1. The van der Waals surface area contributed by atoms with Crippen LogP contribution in [0.1, 0.15) is 20.3 Å². The van der Waals surface area contributed by atoms with E-state index in [0.29, 0.717) is 11.9 Å². The molecule has 1 aliphatic heterocycles. The topological polar surface area (TPSA) is 58.3 Å². The minimum absolute atomic E-state index is 0.536. The van der Waals surface area contributed by atoms with E-state index in [4.69, 9.17) is 10.7 Å². The van der Waals surface area contributed by atoms with Crippen LogP contribution in [0.15, 0.2) is 24.3 Å². The van der Waals surface area contributed by atoms with E-state index in [1.54, 1.807) is 0 Å². The van der Waals surface area contributed by atoms with E-state index in [1.165, 1.54) is 0 Å². The Morgan fingerprint density at radius 2 is 1.86 bits per heavy atom. The molecule has 1 saturated heterocycles. The summed E-state index contributed by atoms with van der Waals surface area (Å²) >= 11 is 0. The van der Waals surface area contributed by atoms with Crippen molar-refractivity contribution >= 4 is 22.7 Å². The maximum Gasteiger partial charge on any atom is 0.172 e. The normalized spacial score (nSPS) is 18.8. The van der Waals surface area contributed by atoms with Crippen LogP contribution in [0.4, 0.5) is 11.6 Å². The van der Waals surface area contributed by atoms with Gasteiger partial charge in [0.25, 0.3) is 0 Å². The SMILES string of the molecule is CCN(CC)C1CCN(c2nc3ccccc3nc2N)C1. The van der Waals surface area contributed by atoms with Crippen LogP contribution in [0.3, 0.4) is 0 Å². The molecule has 1 aromatic carbocycles. The largest absolute Gasteiger partial charge is 0.381 e. The van der Waals surface area contributed by atoms with Crippen LogP contribution in [-0.2, 0) is 0 Å². The van der Waals surface area contributed by atoms with Crippen LogP contribution in [0.5, 0.6) is 0 Å². The second-order valence-electron chi connectivity index (χ2n) is 5.53. The third-order valence-corrected chi connectivity index (χ3v) is 4.37. The number of nitrogen functional groups attached to an aromatic ring is 1. The Bertz CT molecular complexity index is 623. The summed E-state index contributed by atoms with van der Waals surface area (Å²) < 4.78 is 0. The zero-order chi connectivity index (χ0) is 14.8. The molecule has 0 radical (unpaired) electrons. The van der Waals surface area contributed by atoms with Gasteiger partial charge in [-0.2, -0.15) is 0 Å². The molecule has 5 heteroatoms. The Morgan fingerprint density at radius 3 is 2.52 bits per heavy atom. The number of anilines is 2. The van der Waals surface area contributed by atoms with E-state index in [0.717, 1.165) is 49.5 Å². The third kappa shape index (κ3) is 2.65. The molecule has 0 spiro atoms. The van der Waals surface area contributed by atoms with Crippen molar-refractivity contribution < 1.29 is 0 Å². The van der Waals surface area contributed by atoms with E-state index < -0.39 is 0 Å². The molecule has 0 amide bonds. The molecule has 1 fully saturated rings. The fourth-order valence-electron chi connectivity index (χ4n) is 3.21. The standard InChI is InChI=1S/C16H23N5/c1-3-20(4-2)12-9-10-21(11-12)16-15(17)18-13-7-5-6-8-14(13)19-16/h5-8,12H,3-4,9-11H2,1-2H3,(H2,17,18). The fraction of sp³-hybridized carbons (Fsp3) is 0.500. The van der Waals surface area contributed by atoms with Crippen molar-refractivity contribution in [2.24, 2.45) is 0 Å². The molecular weight excluding hydrogens is 262 g/mol. The monoisotopic (exact) mass is 285 g/mol. The number of rotatable bonds is 4. The zero-order valence-electron chi connectivity index (χ0n) is 12.8. The van der Waals surface area contributed by atoms with Crippen molar-refractivity contribution in [2.45, 2.75) is 26.3 Å². The smallest absolute Gasteiger partial charge is 0.172 e. The summed E-state index contributed by atoms with van der Waals surface area (Å²) in [6.07, 6.45) is 1.16. The van der Waals surface area contributed by atoms with E-state index in [2.05, 4.69) is 28.6 Å². The highest BCUT2D eigenvalue weighted by Gasteiger charge is 2.28. The van der Waals surface area contributed by atoms with Crippen molar-refractivity contribution in [2.75, 3.05) is 36.8 Å². The lowest BCUT2D eigenvalue weighted by atomic mass is 10.2. The van der Waals surface area contributed by atoms with Gasteiger partial charge in [-0.3, -0.25) is 4.90 Å². The molecule has 1 aliphatic rings. The summed E-state index contributed by atoms with van der Waals surface area (Å²) in [5.41, 5.74) is 7.89. The molecule has 2 heterocycles. The third-order valence-electron chi connectivity index (χ3n) is 4.37. The summed E-state index contributed by atoms with van der Waals surface area (Å²) in [5.74, 6) is 1.37. The van der Waals surface area contributed by atoms with Crippen molar-refractivity contribution in [1.29, 1.82) is 0 Å². The molecule has 0 bridgehead atoms. The van der Waals surface area contributed by atoms with Crippen LogP contribution in [0.2, 0.25) is 0 Å². The Kier molecular flexibility index (Phi) is 3.92. The highest BCUT2D eigenvalue weighted by molar-refractivity contribution is 5.79. The number of benzene rings is 1. The van der Waals surface area contributed by atoms with Gasteiger partial charge in [0.15, 0.2) is 11.6 Å². The zero-order valence-corrected chi connectivity index (χ0v) is 12.8. The molecule has 112 valence electrons. The van der Waals surface area contributed by atoms with Crippen molar-refractivity contribution in [3.63, 3.8) is 0 Å². The van der Waals surface area contributed by atoms with Crippen LogP contribution >= 0.6 is 0 Å². The van der Waals surface area contributed by atoms with Gasteiger partial charge in [0, 0.05) is 19.1 Å². The van der Waals surface area contributed by atoms with Gasteiger partial charge >= 0.3 is 0 Å².